The number of carbonyl (C=O) groups excluding carboxylic acids is 2. The van der Waals surface area contributed by atoms with E-state index in [4.69, 9.17) is 0 Å². The fourth-order valence-corrected chi connectivity index (χ4v) is 3.50. The standard InChI is InChI=1S/C20H22N2O2S/c1-15-10-12-22(13-11-15)20(24)17-6-2-3-7-18(17)21-19(23)9-8-16-5-4-14-25-16/h2-9,14-15H,10-13H2,1H3,(H,21,23). The average molecular weight is 354 g/mol. The highest BCUT2D eigenvalue weighted by Crippen LogP contribution is 2.22. The maximum atomic E-state index is 12.8. The number of hydrogen-bond donors (Lipinski definition) is 1. The number of nitrogens with one attached hydrogen (secondary N) is 1. The van der Waals surface area contributed by atoms with E-state index in [1.54, 1.807) is 29.5 Å². The summed E-state index contributed by atoms with van der Waals surface area (Å²) in [7, 11) is 0. The van der Waals surface area contributed by atoms with Gasteiger partial charge in [-0.2, -0.15) is 0 Å². The first-order valence-electron chi connectivity index (χ1n) is 8.54. The molecule has 2 heterocycles. The molecule has 1 aliphatic rings. The summed E-state index contributed by atoms with van der Waals surface area (Å²) in [5.41, 5.74) is 1.11. The number of para-hydroxylation sites is 1. The predicted molar refractivity (Wildman–Crippen MR) is 103 cm³/mol. The Hall–Kier alpha value is -2.40. The van der Waals surface area contributed by atoms with Crippen molar-refractivity contribution in [2.75, 3.05) is 18.4 Å². The number of hydrogen-bond acceptors (Lipinski definition) is 3. The van der Waals surface area contributed by atoms with Gasteiger partial charge in [0.2, 0.25) is 5.91 Å². The molecule has 1 saturated heterocycles. The van der Waals surface area contributed by atoms with Crippen LogP contribution < -0.4 is 5.32 Å². The largest absolute Gasteiger partial charge is 0.339 e. The molecule has 5 heteroatoms. The van der Waals surface area contributed by atoms with Gasteiger partial charge in [0.05, 0.1) is 11.3 Å². The number of benzene rings is 1. The first kappa shape index (κ1) is 17.4. The van der Waals surface area contributed by atoms with Gasteiger partial charge in [-0.25, -0.2) is 0 Å². The summed E-state index contributed by atoms with van der Waals surface area (Å²) < 4.78 is 0. The first-order valence-corrected chi connectivity index (χ1v) is 9.42. The minimum atomic E-state index is -0.235. The molecule has 2 amide bonds. The van der Waals surface area contributed by atoms with Crippen molar-refractivity contribution in [1.82, 2.24) is 4.90 Å². The Labute approximate surface area is 152 Å². The van der Waals surface area contributed by atoms with Gasteiger partial charge in [0.1, 0.15) is 0 Å². The summed E-state index contributed by atoms with van der Waals surface area (Å²) in [4.78, 5) is 27.9. The molecule has 1 N–H and O–H groups in total. The van der Waals surface area contributed by atoms with Crippen LogP contribution in [0.3, 0.4) is 0 Å². The summed E-state index contributed by atoms with van der Waals surface area (Å²) in [5, 5.41) is 4.80. The number of amides is 2. The number of thiophene rings is 1. The topological polar surface area (TPSA) is 49.4 Å². The molecule has 1 aromatic heterocycles. The van der Waals surface area contributed by atoms with Crippen LogP contribution in [0.1, 0.15) is 35.0 Å². The molecule has 0 aliphatic carbocycles. The second-order valence-electron chi connectivity index (χ2n) is 6.36. The van der Waals surface area contributed by atoms with Gasteiger partial charge in [-0.15, -0.1) is 11.3 Å². The normalized spacial score (nSPS) is 15.5. The Kier molecular flexibility index (Phi) is 5.66. The number of nitrogens with zero attached hydrogens (tertiary/aromatic N) is 1. The summed E-state index contributed by atoms with van der Waals surface area (Å²) in [5.74, 6) is 0.423. The molecular weight excluding hydrogens is 332 g/mol. The zero-order valence-corrected chi connectivity index (χ0v) is 15.1. The number of likely N-dealkylation sites (tertiary alicyclic amines) is 1. The van der Waals surface area contributed by atoms with Gasteiger partial charge in [0.25, 0.3) is 5.91 Å². The van der Waals surface area contributed by atoms with Crippen LogP contribution in [0.5, 0.6) is 0 Å². The van der Waals surface area contributed by atoms with Crippen molar-refractivity contribution in [1.29, 1.82) is 0 Å². The maximum Gasteiger partial charge on any atom is 0.255 e. The van der Waals surface area contributed by atoms with Crippen molar-refractivity contribution >= 4 is 34.9 Å². The van der Waals surface area contributed by atoms with Crippen LogP contribution in [-0.4, -0.2) is 29.8 Å². The van der Waals surface area contributed by atoms with E-state index in [1.165, 1.54) is 6.08 Å². The van der Waals surface area contributed by atoms with E-state index < -0.39 is 0 Å². The van der Waals surface area contributed by atoms with Gasteiger partial charge >= 0.3 is 0 Å². The fraction of sp³-hybridized carbons (Fsp3) is 0.300. The van der Waals surface area contributed by atoms with Crippen molar-refractivity contribution in [3.63, 3.8) is 0 Å². The Balaban J connectivity index is 1.70. The van der Waals surface area contributed by atoms with Crippen LogP contribution >= 0.6 is 11.3 Å². The highest BCUT2D eigenvalue weighted by atomic mass is 32.1. The number of anilines is 1. The highest BCUT2D eigenvalue weighted by Gasteiger charge is 2.23. The van der Waals surface area contributed by atoms with Crippen LogP contribution in [0.2, 0.25) is 0 Å². The van der Waals surface area contributed by atoms with Gasteiger partial charge in [-0.3, -0.25) is 9.59 Å². The summed E-state index contributed by atoms with van der Waals surface area (Å²) in [6.07, 6.45) is 5.33. The molecule has 0 unspecified atom stereocenters. The van der Waals surface area contributed by atoms with E-state index >= 15 is 0 Å². The minimum absolute atomic E-state index is 0.00923. The highest BCUT2D eigenvalue weighted by molar-refractivity contribution is 7.10. The number of piperidine rings is 1. The Morgan fingerprint density at radius 2 is 1.92 bits per heavy atom. The van der Waals surface area contributed by atoms with Crippen LogP contribution in [0, 0.1) is 5.92 Å². The van der Waals surface area contributed by atoms with E-state index in [0.717, 1.165) is 30.8 Å². The number of rotatable bonds is 4. The van der Waals surface area contributed by atoms with Gasteiger partial charge < -0.3 is 10.2 Å². The molecule has 4 nitrogen and oxygen atoms in total. The number of carbonyl (C=O) groups is 2. The third-order valence-electron chi connectivity index (χ3n) is 4.43. The predicted octanol–water partition coefficient (Wildman–Crippen LogP) is 4.27. The molecule has 0 atom stereocenters. The Bertz CT molecular complexity index is 760. The molecule has 0 bridgehead atoms. The Morgan fingerprint density at radius 3 is 2.64 bits per heavy atom. The average Bonchev–Trinajstić information content (AvgIpc) is 3.14. The third kappa shape index (κ3) is 4.57. The molecule has 3 rings (SSSR count). The molecule has 25 heavy (non-hydrogen) atoms. The van der Waals surface area contributed by atoms with Crippen molar-refractivity contribution in [2.24, 2.45) is 5.92 Å². The van der Waals surface area contributed by atoms with Gasteiger partial charge in [0.15, 0.2) is 0 Å². The molecule has 1 fully saturated rings. The quantitative estimate of drug-likeness (QED) is 0.834. The zero-order chi connectivity index (χ0) is 17.6. The molecule has 1 aromatic carbocycles. The lowest BCUT2D eigenvalue weighted by atomic mass is 9.98. The minimum Gasteiger partial charge on any atom is -0.339 e. The van der Waals surface area contributed by atoms with Crippen LogP contribution in [-0.2, 0) is 4.79 Å². The van der Waals surface area contributed by atoms with Gasteiger partial charge in [-0.05, 0) is 48.4 Å². The third-order valence-corrected chi connectivity index (χ3v) is 5.27. The molecular formula is C20H22N2O2S. The summed E-state index contributed by atoms with van der Waals surface area (Å²) in [6.45, 7) is 3.77. The smallest absolute Gasteiger partial charge is 0.255 e. The summed E-state index contributed by atoms with van der Waals surface area (Å²) in [6, 6.07) is 11.1. The molecule has 1 aliphatic heterocycles. The van der Waals surface area contributed by atoms with E-state index in [9.17, 15) is 9.59 Å². The van der Waals surface area contributed by atoms with E-state index in [1.807, 2.05) is 34.5 Å². The van der Waals surface area contributed by atoms with Crippen molar-refractivity contribution < 1.29 is 9.59 Å². The molecule has 0 saturated carbocycles. The first-order chi connectivity index (χ1) is 12.1. The van der Waals surface area contributed by atoms with Crippen molar-refractivity contribution in [3.05, 3.63) is 58.3 Å². The molecule has 130 valence electrons. The lowest BCUT2D eigenvalue weighted by Crippen LogP contribution is -2.38. The van der Waals surface area contributed by atoms with Crippen LogP contribution in [0.15, 0.2) is 47.9 Å². The lowest BCUT2D eigenvalue weighted by Gasteiger charge is -2.30. The van der Waals surface area contributed by atoms with Gasteiger partial charge in [0, 0.05) is 24.0 Å². The molecule has 0 spiro atoms. The second kappa shape index (κ2) is 8.12. The van der Waals surface area contributed by atoms with Crippen molar-refractivity contribution in [3.8, 4) is 0 Å². The Morgan fingerprint density at radius 1 is 1.16 bits per heavy atom. The SMILES string of the molecule is CC1CCN(C(=O)c2ccccc2NC(=O)C=Cc2cccs2)CC1. The lowest BCUT2D eigenvalue weighted by molar-refractivity contribution is -0.111. The molecule has 0 radical (unpaired) electrons. The monoisotopic (exact) mass is 354 g/mol. The zero-order valence-electron chi connectivity index (χ0n) is 14.3. The second-order valence-corrected chi connectivity index (χ2v) is 7.34. The van der Waals surface area contributed by atoms with Crippen LogP contribution in [0.25, 0.3) is 6.08 Å². The van der Waals surface area contributed by atoms with E-state index in [2.05, 4.69) is 12.2 Å². The van der Waals surface area contributed by atoms with Gasteiger partial charge in [-0.1, -0.05) is 25.1 Å². The van der Waals surface area contributed by atoms with E-state index in [0.29, 0.717) is 17.2 Å². The maximum absolute atomic E-state index is 12.8. The van der Waals surface area contributed by atoms with Crippen LogP contribution in [0.4, 0.5) is 5.69 Å². The van der Waals surface area contributed by atoms with E-state index in [-0.39, 0.29) is 11.8 Å². The van der Waals surface area contributed by atoms with Crippen molar-refractivity contribution in [2.45, 2.75) is 19.8 Å². The molecule has 2 aromatic rings. The summed E-state index contributed by atoms with van der Waals surface area (Å²) >= 11 is 1.57. The fourth-order valence-electron chi connectivity index (χ4n) is 2.88.